The van der Waals surface area contributed by atoms with E-state index in [0.717, 1.165) is 35.5 Å². The highest BCUT2D eigenvalue weighted by molar-refractivity contribution is 9.10. The van der Waals surface area contributed by atoms with Crippen molar-refractivity contribution < 1.29 is 4.74 Å². The molecule has 2 aromatic rings. The number of likely N-dealkylation sites (N-methyl/N-ethyl adjacent to an activating group) is 1. The molecule has 0 aliphatic rings. The predicted molar refractivity (Wildman–Crippen MR) is 91.4 cm³/mol. The summed E-state index contributed by atoms with van der Waals surface area (Å²) < 4.78 is 6.83. The molecule has 21 heavy (non-hydrogen) atoms. The van der Waals surface area contributed by atoms with Crippen LogP contribution >= 0.6 is 15.9 Å². The van der Waals surface area contributed by atoms with E-state index in [1.807, 2.05) is 42.5 Å². The van der Waals surface area contributed by atoms with Crippen LogP contribution < -0.4 is 10.5 Å². The maximum atomic E-state index is 6.00. The molecule has 0 aliphatic heterocycles. The molecule has 4 heteroatoms. The van der Waals surface area contributed by atoms with Gasteiger partial charge in [0.15, 0.2) is 0 Å². The topological polar surface area (TPSA) is 38.5 Å². The zero-order chi connectivity index (χ0) is 15.1. The molecule has 0 bridgehead atoms. The predicted octanol–water partition coefficient (Wildman–Crippen LogP) is 3.93. The normalized spacial score (nSPS) is 10.8. The van der Waals surface area contributed by atoms with E-state index in [-0.39, 0.29) is 0 Å². The van der Waals surface area contributed by atoms with Crippen LogP contribution in [0.5, 0.6) is 5.75 Å². The van der Waals surface area contributed by atoms with Gasteiger partial charge in [-0.3, -0.25) is 4.90 Å². The highest BCUT2D eigenvalue weighted by Crippen LogP contribution is 2.16. The van der Waals surface area contributed by atoms with Gasteiger partial charge in [-0.1, -0.05) is 41.1 Å². The lowest BCUT2D eigenvalue weighted by molar-refractivity contribution is 0.210. The highest BCUT2D eigenvalue weighted by atomic mass is 79.9. The molecule has 0 aromatic heterocycles. The van der Waals surface area contributed by atoms with Crippen molar-refractivity contribution >= 4 is 21.6 Å². The zero-order valence-corrected chi connectivity index (χ0v) is 13.8. The number of anilines is 1. The summed E-state index contributed by atoms with van der Waals surface area (Å²) in [6.45, 7) is 5.52. The number of nitrogens with zero attached hydrogens (tertiary/aromatic N) is 1. The van der Waals surface area contributed by atoms with Gasteiger partial charge in [-0.15, -0.1) is 0 Å². The molecule has 112 valence electrons. The molecule has 0 amide bonds. The SMILES string of the molecule is CCN(CCOc1ccc(Br)cc1)Cc1ccccc1N. The van der Waals surface area contributed by atoms with E-state index in [0.29, 0.717) is 6.61 Å². The van der Waals surface area contributed by atoms with Crippen molar-refractivity contribution in [2.24, 2.45) is 0 Å². The molecular weight excluding hydrogens is 328 g/mol. The Balaban J connectivity index is 1.82. The molecule has 0 heterocycles. The maximum absolute atomic E-state index is 6.00. The number of hydrogen-bond donors (Lipinski definition) is 1. The summed E-state index contributed by atoms with van der Waals surface area (Å²) in [4.78, 5) is 2.32. The summed E-state index contributed by atoms with van der Waals surface area (Å²) in [6, 6.07) is 15.9. The third-order valence-corrected chi connectivity index (χ3v) is 3.91. The van der Waals surface area contributed by atoms with Crippen molar-refractivity contribution in [2.45, 2.75) is 13.5 Å². The van der Waals surface area contributed by atoms with Crippen molar-refractivity contribution in [1.82, 2.24) is 4.90 Å². The Morgan fingerprint density at radius 1 is 1.10 bits per heavy atom. The fourth-order valence-corrected chi connectivity index (χ4v) is 2.36. The molecule has 2 rings (SSSR count). The molecule has 3 nitrogen and oxygen atoms in total. The van der Waals surface area contributed by atoms with Crippen LogP contribution in [-0.2, 0) is 6.54 Å². The zero-order valence-electron chi connectivity index (χ0n) is 12.3. The number of rotatable bonds is 7. The molecule has 0 spiro atoms. The molecule has 0 saturated carbocycles. The quantitative estimate of drug-likeness (QED) is 0.770. The van der Waals surface area contributed by atoms with Crippen LogP contribution in [0, 0.1) is 0 Å². The first kappa shape index (κ1) is 15.9. The largest absolute Gasteiger partial charge is 0.492 e. The standard InChI is InChI=1S/C17H21BrN2O/c1-2-20(13-14-5-3-4-6-17(14)19)11-12-21-16-9-7-15(18)8-10-16/h3-10H,2,11-13,19H2,1H3. The van der Waals surface area contributed by atoms with Gasteiger partial charge in [0, 0.05) is 23.2 Å². The van der Waals surface area contributed by atoms with Crippen molar-refractivity contribution in [3.63, 3.8) is 0 Å². The average Bonchev–Trinajstić information content (AvgIpc) is 2.50. The molecular formula is C17H21BrN2O. The lowest BCUT2D eigenvalue weighted by Crippen LogP contribution is -2.28. The summed E-state index contributed by atoms with van der Waals surface area (Å²) in [6.07, 6.45) is 0. The lowest BCUT2D eigenvalue weighted by atomic mass is 10.1. The monoisotopic (exact) mass is 348 g/mol. The molecule has 0 saturated heterocycles. The number of nitrogens with two attached hydrogens (primary N) is 1. The van der Waals surface area contributed by atoms with Crippen molar-refractivity contribution in [3.05, 3.63) is 58.6 Å². The Labute approximate surface area is 134 Å². The van der Waals surface area contributed by atoms with Crippen LogP contribution in [0.3, 0.4) is 0 Å². The minimum atomic E-state index is 0.669. The van der Waals surface area contributed by atoms with Crippen molar-refractivity contribution in [2.75, 3.05) is 25.4 Å². The summed E-state index contributed by atoms with van der Waals surface area (Å²) in [7, 11) is 0. The second kappa shape index (κ2) is 8.05. The number of ether oxygens (including phenoxy) is 1. The molecule has 0 aliphatic carbocycles. The van der Waals surface area contributed by atoms with E-state index in [1.165, 1.54) is 5.56 Å². The summed E-state index contributed by atoms with van der Waals surface area (Å²) in [5.74, 6) is 0.897. The van der Waals surface area contributed by atoms with E-state index in [9.17, 15) is 0 Å². The van der Waals surface area contributed by atoms with Gasteiger partial charge in [-0.05, 0) is 42.4 Å². The van der Waals surface area contributed by atoms with Gasteiger partial charge in [0.1, 0.15) is 12.4 Å². The van der Waals surface area contributed by atoms with Gasteiger partial charge in [0.2, 0.25) is 0 Å². The van der Waals surface area contributed by atoms with Crippen LogP contribution in [0.4, 0.5) is 5.69 Å². The first-order valence-corrected chi connectivity index (χ1v) is 7.92. The number of hydrogen-bond acceptors (Lipinski definition) is 3. The molecule has 2 aromatic carbocycles. The van der Waals surface area contributed by atoms with E-state index >= 15 is 0 Å². The van der Waals surface area contributed by atoms with E-state index in [1.54, 1.807) is 0 Å². The number of benzene rings is 2. The second-order valence-electron chi connectivity index (χ2n) is 4.87. The maximum Gasteiger partial charge on any atom is 0.119 e. The fourth-order valence-electron chi connectivity index (χ4n) is 2.09. The van der Waals surface area contributed by atoms with E-state index < -0.39 is 0 Å². The first-order valence-electron chi connectivity index (χ1n) is 7.13. The average molecular weight is 349 g/mol. The number of para-hydroxylation sites is 1. The minimum Gasteiger partial charge on any atom is -0.492 e. The van der Waals surface area contributed by atoms with Gasteiger partial charge in [0.25, 0.3) is 0 Å². The summed E-state index contributed by atoms with van der Waals surface area (Å²) in [5.41, 5.74) is 8.02. The van der Waals surface area contributed by atoms with Gasteiger partial charge >= 0.3 is 0 Å². The number of nitrogen functional groups attached to an aromatic ring is 1. The lowest BCUT2D eigenvalue weighted by Gasteiger charge is -2.21. The van der Waals surface area contributed by atoms with Crippen LogP contribution in [0.15, 0.2) is 53.0 Å². The minimum absolute atomic E-state index is 0.669. The smallest absolute Gasteiger partial charge is 0.119 e. The Morgan fingerprint density at radius 3 is 2.48 bits per heavy atom. The van der Waals surface area contributed by atoms with Crippen molar-refractivity contribution in [3.8, 4) is 5.75 Å². The third kappa shape index (κ3) is 5.06. The van der Waals surface area contributed by atoms with Crippen LogP contribution in [0.2, 0.25) is 0 Å². The first-order chi connectivity index (χ1) is 10.2. The second-order valence-corrected chi connectivity index (χ2v) is 5.79. The summed E-state index contributed by atoms with van der Waals surface area (Å²) in [5, 5.41) is 0. The molecule has 0 radical (unpaired) electrons. The van der Waals surface area contributed by atoms with Gasteiger partial charge in [0.05, 0.1) is 0 Å². The Kier molecular flexibility index (Phi) is 6.08. The molecule has 0 fully saturated rings. The Hall–Kier alpha value is -1.52. The van der Waals surface area contributed by atoms with Crippen LogP contribution in [0.1, 0.15) is 12.5 Å². The van der Waals surface area contributed by atoms with Crippen LogP contribution in [0.25, 0.3) is 0 Å². The summed E-state index contributed by atoms with van der Waals surface area (Å²) >= 11 is 3.42. The molecule has 2 N–H and O–H groups in total. The van der Waals surface area contributed by atoms with Gasteiger partial charge < -0.3 is 10.5 Å². The van der Waals surface area contributed by atoms with E-state index in [2.05, 4.69) is 33.8 Å². The molecule has 0 unspecified atom stereocenters. The third-order valence-electron chi connectivity index (χ3n) is 3.39. The highest BCUT2D eigenvalue weighted by Gasteiger charge is 2.06. The van der Waals surface area contributed by atoms with Crippen molar-refractivity contribution in [1.29, 1.82) is 0 Å². The molecule has 0 atom stereocenters. The Morgan fingerprint density at radius 2 is 1.81 bits per heavy atom. The fraction of sp³-hybridized carbons (Fsp3) is 0.294. The van der Waals surface area contributed by atoms with Gasteiger partial charge in [-0.25, -0.2) is 0 Å². The van der Waals surface area contributed by atoms with E-state index in [4.69, 9.17) is 10.5 Å². The number of halogens is 1. The van der Waals surface area contributed by atoms with Gasteiger partial charge in [-0.2, -0.15) is 0 Å². The Bertz CT molecular complexity index is 557. The van der Waals surface area contributed by atoms with Crippen LogP contribution in [-0.4, -0.2) is 24.6 Å².